The second-order valence-corrected chi connectivity index (χ2v) is 6.12. The molecule has 3 rings (SSSR count). The fourth-order valence-electron chi connectivity index (χ4n) is 2.52. The molecule has 1 aliphatic rings. The molecular weight excluding hydrogens is 323 g/mol. The van der Waals surface area contributed by atoms with Gasteiger partial charge in [0, 0.05) is 17.7 Å². The Morgan fingerprint density at radius 1 is 1.48 bits per heavy atom. The number of aliphatic hydroxyl groups excluding tert-OH is 1. The molecule has 2 aromatic rings. The lowest BCUT2D eigenvalue weighted by Crippen LogP contribution is -2.23. The number of hydrogen-bond donors (Lipinski definition) is 3. The zero-order chi connectivity index (χ0) is 16.8. The van der Waals surface area contributed by atoms with Crippen LogP contribution in [0, 0.1) is 5.82 Å². The molecule has 1 aromatic carbocycles. The van der Waals surface area contributed by atoms with Crippen molar-refractivity contribution in [3.8, 4) is 17.0 Å². The quantitative estimate of drug-likeness (QED) is 0.798. The summed E-state index contributed by atoms with van der Waals surface area (Å²) in [6.07, 6.45) is -0.980. The fraction of sp³-hybridized carbons (Fsp3) is 0.312. The summed E-state index contributed by atoms with van der Waals surface area (Å²) < 4.78 is 19.0. The van der Waals surface area contributed by atoms with Crippen LogP contribution >= 0.6 is 11.6 Å². The summed E-state index contributed by atoms with van der Waals surface area (Å²) in [5, 5.41) is 20.4. The largest absolute Gasteiger partial charge is 0.488 e. The lowest BCUT2D eigenvalue weighted by molar-refractivity contribution is 0.0349. The predicted molar refractivity (Wildman–Crippen MR) is 83.7 cm³/mol. The molecule has 5 nitrogen and oxygen atoms in total. The predicted octanol–water partition coefficient (Wildman–Crippen LogP) is 2.13. The Morgan fingerprint density at radius 2 is 2.22 bits per heavy atom. The van der Waals surface area contributed by atoms with Crippen LogP contribution in [0.25, 0.3) is 11.3 Å². The van der Waals surface area contributed by atoms with Crippen LogP contribution in [0.5, 0.6) is 5.75 Å². The van der Waals surface area contributed by atoms with Gasteiger partial charge in [0.05, 0.1) is 10.7 Å². The van der Waals surface area contributed by atoms with Gasteiger partial charge in [0.1, 0.15) is 29.8 Å². The van der Waals surface area contributed by atoms with Gasteiger partial charge in [-0.25, -0.2) is 9.37 Å². The van der Waals surface area contributed by atoms with Crippen LogP contribution in [-0.4, -0.2) is 28.3 Å². The molecule has 0 fully saturated rings. The van der Waals surface area contributed by atoms with Crippen molar-refractivity contribution in [2.24, 2.45) is 5.73 Å². The van der Waals surface area contributed by atoms with Crippen molar-refractivity contribution in [3.63, 3.8) is 0 Å². The molecular formula is C16H16ClFN2O3. The molecule has 4 N–H and O–H groups in total. The van der Waals surface area contributed by atoms with E-state index in [1.54, 1.807) is 13.0 Å². The Bertz CT molecular complexity index is 767. The van der Waals surface area contributed by atoms with Crippen LogP contribution in [0.15, 0.2) is 24.3 Å². The topological polar surface area (TPSA) is 88.6 Å². The number of aliphatic hydroxyl groups is 2. The highest BCUT2D eigenvalue weighted by Crippen LogP contribution is 2.44. The number of nitrogens with zero attached hydrogens (tertiary/aromatic N) is 1. The molecule has 0 saturated carbocycles. The zero-order valence-electron chi connectivity index (χ0n) is 12.4. The summed E-state index contributed by atoms with van der Waals surface area (Å²) in [5.41, 5.74) is 6.01. The van der Waals surface area contributed by atoms with Crippen molar-refractivity contribution in [3.05, 3.63) is 46.4 Å². The lowest BCUT2D eigenvalue weighted by atomic mass is 9.95. The van der Waals surface area contributed by atoms with E-state index in [1.807, 2.05) is 0 Å². The van der Waals surface area contributed by atoms with Crippen LogP contribution in [0.3, 0.4) is 0 Å². The van der Waals surface area contributed by atoms with Crippen molar-refractivity contribution in [2.75, 3.05) is 13.2 Å². The number of ether oxygens (including phenoxy) is 1. The van der Waals surface area contributed by atoms with Crippen molar-refractivity contribution in [1.29, 1.82) is 0 Å². The smallest absolute Gasteiger partial charge is 0.151 e. The standard InChI is InChI=1S/C16H16ClFN2O3/c1-16(22)7-23-15-9(16)5-12(13(21)6-19)20-14(15)8-2-3-11(18)10(17)4-8/h2-5,13,21-22H,6-7,19H2,1H3. The van der Waals surface area contributed by atoms with E-state index in [0.717, 1.165) is 0 Å². The van der Waals surface area contributed by atoms with Gasteiger partial charge in [-0.3, -0.25) is 0 Å². The van der Waals surface area contributed by atoms with Gasteiger partial charge in [-0.15, -0.1) is 0 Å². The summed E-state index contributed by atoms with van der Waals surface area (Å²) >= 11 is 5.84. The molecule has 0 spiro atoms. The first-order chi connectivity index (χ1) is 10.8. The minimum absolute atomic E-state index is 0.0155. The summed E-state index contributed by atoms with van der Waals surface area (Å²) in [5.74, 6) is -0.149. The van der Waals surface area contributed by atoms with E-state index in [1.165, 1.54) is 18.2 Å². The van der Waals surface area contributed by atoms with Gasteiger partial charge in [-0.1, -0.05) is 11.6 Å². The van der Waals surface area contributed by atoms with Gasteiger partial charge >= 0.3 is 0 Å². The third-order valence-corrected chi connectivity index (χ3v) is 4.12. The molecule has 0 bridgehead atoms. The molecule has 0 saturated heterocycles. The summed E-state index contributed by atoms with van der Waals surface area (Å²) in [7, 11) is 0. The Labute approximate surface area is 137 Å². The first-order valence-corrected chi connectivity index (χ1v) is 7.45. The van der Waals surface area contributed by atoms with Crippen molar-refractivity contribution >= 4 is 11.6 Å². The normalized spacial score (nSPS) is 21.0. The maximum Gasteiger partial charge on any atom is 0.151 e. The van der Waals surface area contributed by atoms with Gasteiger partial charge in [0.15, 0.2) is 5.75 Å². The third-order valence-electron chi connectivity index (χ3n) is 3.83. The lowest BCUT2D eigenvalue weighted by Gasteiger charge is -2.17. The number of benzene rings is 1. The van der Waals surface area contributed by atoms with Gasteiger partial charge in [-0.2, -0.15) is 0 Å². The van der Waals surface area contributed by atoms with Gasteiger partial charge < -0.3 is 20.7 Å². The van der Waals surface area contributed by atoms with E-state index in [4.69, 9.17) is 22.1 Å². The molecule has 122 valence electrons. The van der Waals surface area contributed by atoms with Crippen molar-refractivity contribution in [2.45, 2.75) is 18.6 Å². The molecule has 2 unspecified atom stereocenters. The van der Waals surface area contributed by atoms with Crippen LogP contribution in [0.1, 0.15) is 24.3 Å². The number of halogens is 2. The third kappa shape index (κ3) is 2.79. The Kier molecular flexibility index (Phi) is 4.01. The average molecular weight is 339 g/mol. The van der Waals surface area contributed by atoms with E-state index in [2.05, 4.69) is 4.98 Å². The SMILES string of the molecule is CC1(O)COc2c1cc(C(O)CN)nc2-c1ccc(F)c(Cl)c1. The Morgan fingerprint density at radius 3 is 2.87 bits per heavy atom. The van der Waals surface area contributed by atoms with Crippen molar-refractivity contribution in [1.82, 2.24) is 4.98 Å². The maximum atomic E-state index is 13.4. The minimum atomic E-state index is -1.21. The molecule has 0 radical (unpaired) electrons. The molecule has 2 atom stereocenters. The van der Waals surface area contributed by atoms with Crippen LogP contribution < -0.4 is 10.5 Å². The molecule has 0 amide bonds. The van der Waals surface area contributed by atoms with E-state index < -0.39 is 17.5 Å². The van der Waals surface area contributed by atoms with Gasteiger partial charge in [0.25, 0.3) is 0 Å². The van der Waals surface area contributed by atoms with Crippen LogP contribution in [0.4, 0.5) is 4.39 Å². The number of hydrogen-bond acceptors (Lipinski definition) is 5. The maximum absolute atomic E-state index is 13.4. The molecule has 1 aliphatic heterocycles. The fourth-order valence-corrected chi connectivity index (χ4v) is 2.70. The van der Waals surface area contributed by atoms with Crippen LogP contribution in [0.2, 0.25) is 5.02 Å². The Balaban J connectivity index is 2.23. The molecule has 23 heavy (non-hydrogen) atoms. The Hall–Kier alpha value is -1.73. The number of fused-ring (bicyclic) bond motifs is 1. The van der Waals surface area contributed by atoms with Gasteiger partial charge in [0.2, 0.25) is 0 Å². The number of pyridine rings is 1. The van der Waals surface area contributed by atoms with Gasteiger partial charge in [-0.05, 0) is 31.2 Å². The van der Waals surface area contributed by atoms with E-state index in [-0.39, 0.29) is 18.2 Å². The van der Waals surface area contributed by atoms with E-state index in [0.29, 0.717) is 28.3 Å². The number of rotatable bonds is 3. The molecule has 7 heteroatoms. The number of nitrogens with two attached hydrogens (primary N) is 1. The highest BCUT2D eigenvalue weighted by molar-refractivity contribution is 6.31. The second kappa shape index (κ2) is 5.72. The highest BCUT2D eigenvalue weighted by atomic mass is 35.5. The zero-order valence-corrected chi connectivity index (χ0v) is 13.1. The molecule has 1 aromatic heterocycles. The summed E-state index contributed by atoms with van der Waals surface area (Å²) in [6, 6.07) is 5.74. The van der Waals surface area contributed by atoms with Crippen molar-refractivity contribution < 1.29 is 19.3 Å². The first kappa shape index (κ1) is 16.1. The summed E-state index contributed by atoms with van der Waals surface area (Å²) in [6.45, 7) is 1.66. The minimum Gasteiger partial charge on any atom is -0.488 e. The van der Waals surface area contributed by atoms with E-state index >= 15 is 0 Å². The summed E-state index contributed by atoms with van der Waals surface area (Å²) in [4.78, 5) is 4.37. The number of aromatic nitrogens is 1. The first-order valence-electron chi connectivity index (χ1n) is 7.07. The monoisotopic (exact) mass is 338 g/mol. The average Bonchev–Trinajstić information content (AvgIpc) is 2.84. The second-order valence-electron chi connectivity index (χ2n) is 5.72. The van der Waals surface area contributed by atoms with Crippen LogP contribution in [-0.2, 0) is 5.60 Å². The highest BCUT2D eigenvalue weighted by Gasteiger charge is 2.37. The molecule has 2 heterocycles. The van der Waals surface area contributed by atoms with E-state index in [9.17, 15) is 14.6 Å². The molecule has 0 aliphatic carbocycles.